The van der Waals surface area contributed by atoms with Gasteiger partial charge in [0.25, 0.3) is 5.91 Å². The zero-order chi connectivity index (χ0) is 22.6. The highest BCUT2D eigenvalue weighted by atomic mass is 35.5. The summed E-state index contributed by atoms with van der Waals surface area (Å²) >= 11 is 12.2. The maximum atomic E-state index is 13.3. The third-order valence-electron chi connectivity index (χ3n) is 5.59. The largest absolute Gasteiger partial charge is 0.347 e. The van der Waals surface area contributed by atoms with E-state index in [0.29, 0.717) is 28.6 Å². The molecule has 31 heavy (non-hydrogen) atoms. The first-order valence-electron chi connectivity index (χ1n) is 10.6. The smallest absolute Gasteiger partial charge is 0.254 e. The van der Waals surface area contributed by atoms with Crippen molar-refractivity contribution in [2.45, 2.75) is 58.5 Å². The molecule has 1 aromatic heterocycles. The van der Waals surface area contributed by atoms with E-state index in [2.05, 4.69) is 10.3 Å². The fourth-order valence-electron chi connectivity index (χ4n) is 3.79. The van der Waals surface area contributed by atoms with Crippen molar-refractivity contribution < 1.29 is 9.59 Å². The Labute approximate surface area is 194 Å². The average molecular weight is 462 g/mol. The molecule has 1 saturated heterocycles. The number of benzene rings is 1. The fourth-order valence-corrected chi connectivity index (χ4v) is 4.09. The lowest BCUT2D eigenvalue weighted by atomic mass is 9.91. The Morgan fingerprint density at radius 3 is 2.58 bits per heavy atom. The number of hydrogen-bond donors (Lipinski definition) is 1. The van der Waals surface area contributed by atoms with Gasteiger partial charge in [0.2, 0.25) is 5.91 Å². The van der Waals surface area contributed by atoms with Gasteiger partial charge in [-0.3, -0.25) is 14.6 Å². The summed E-state index contributed by atoms with van der Waals surface area (Å²) in [5.41, 5.74) is 0.803. The van der Waals surface area contributed by atoms with Crippen LogP contribution in [0.25, 0.3) is 0 Å². The molecule has 2 atom stereocenters. The van der Waals surface area contributed by atoms with Crippen LogP contribution in [0.3, 0.4) is 0 Å². The molecular formula is C24H29Cl2N3O2. The quantitative estimate of drug-likeness (QED) is 0.622. The minimum Gasteiger partial charge on any atom is -0.347 e. The number of amides is 2. The Morgan fingerprint density at radius 1 is 1.16 bits per heavy atom. The first kappa shape index (κ1) is 23.6. The standard InChI is InChI=1S/C24H29Cl2N3O2/c1-24(2,3)23(31)28-21(20-9-4-6-12-27-20)15-17-8-5-7-13-29(17)22(30)16-10-11-18(25)19(26)14-16/h4,6,9-12,14,17,21H,5,7-8,13,15H2,1-3H3,(H,28,31)/t17-,21-/m0/s1. The van der Waals surface area contributed by atoms with Gasteiger partial charge in [-0.25, -0.2) is 0 Å². The molecule has 1 aliphatic heterocycles. The fraction of sp³-hybridized carbons (Fsp3) is 0.458. The number of hydrogen-bond acceptors (Lipinski definition) is 3. The van der Waals surface area contributed by atoms with Gasteiger partial charge in [0, 0.05) is 29.8 Å². The Balaban J connectivity index is 1.84. The number of piperidine rings is 1. The minimum absolute atomic E-state index is 0.0111. The van der Waals surface area contributed by atoms with E-state index in [1.54, 1.807) is 24.4 Å². The van der Waals surface area contributed by atoms with Crippen LogP contribution in [-0.2, 0) is 4.79 Å². The molecule has 3 rings (SSSR count). The van der Waals surface area contributed by atoms with Crippen molar-refractivity contribution in [3.8, 4) is 0 Å². The molecule has 1 aromatic carbocycles. The van der Waals surface area contributed by atoms with Gasteiger partial charge >= 0.3 is 0 Å². The zero-order valence-corrected chi connectivity index (χ0v) is 19.7. The first-order chi connectivity index (χ1) is 14.7. The summed E-state index contributed by atoms with van der Waals surface area (Å²) in [4.78, 5) is 32.4. The van der Waals surface area contributed by atoms with Crippen LogP contribution >= 0.6 is 23.2 Å². The van der Waals surface area contributed by atoms with Gasteiger partial charge in [-0.15, -0.1) is 0 Å². The summed E-state index contributed by atoms with van der Waals surface area (Å²) in [5.74, 6) is -0.105. The van der Waals surface area contributed by atoms with Crippen LogP contribution in [0.4, 0.5) is 0 Å². The van der Waals surface area contributed by atoms with Crippen molar-refractivity contribution in [1.82, 2.24) is 15.2 Å². The van der Waals surface area contributed by atoms with E-state index in [9.17, 15) is 9.59 Å². The SMILES string of the molecule is CC(C)(C)C(=O)N[C@@H](C[C@@H]1CCCCN1C(=O)c1ccc(Cl)c(Cl)c1)c1ccccn1. The Kier molecular flexibility index (Phi) is 7.60. The number of aromatic nitrogens is 1. The van der Waals surface area contributed by atoms with Crippen molar-refractivity contribution in [2.24, 2.45) is 5.41 Å². The summed E-state index contributed by atoms with van der Waals surface area (Å²) in [6.45, 7) is 6.33. The van der Waals surface area contributed by atoms with E-state index in [1.807, 2.05) is 43.9 Å². The lowest BCUT2D eigenvalue weighted by molar-refractivity contribution is -0.129. The monoisotopic (exact) mass is 461 g/mol. The molecule has 0 spiro atoms. The van der Waals surface area contributed by atoms with Crippen LogP contribution in [0.15, 0.2) is 42.6 Å². The molecule has 0 radical (unpaired) electrons. The number of nitrogens with one attached hydrogen (secondary N) is 1. The second-order valence-corrected chi connectivity index (χ2v) is 9.86. The van der Waals surface area contributed by atoms with Gasteiger partial charge in [-0.2, -0.15) is 0 Å². The molecule has 2 aromatic rings. The molecule has 0 saturated carbocycles. The number of carbonyl (C=O) groups is 2. The number of carbonyl (C=O) groups excluding carboxylic acids is 2. The van der Waals surface area contributed by atoms with E-state index >= 15 is 0 Å². The normalized spacial score (nSPS) is 17.8. The summed E-state index contributed by atoms with van der Waals surface area (Å²) in [5, 5.41) is 3.95. The molecule has 7 heteroatoms. The van der Waals surface area contributed by atoms with Crippen molar-refractivity contribution in [3.63, 3.8) is 0 Å². The highest BCUT2D eigenvalue weighted by Gasteiger charge is 2.32. The molecular weight excluding hydrogens is 433 g/mol. The van der Waals surface area contributed by atoms with Crippen LogP contribution in [0, 0.1) is 5.41 Å². The van der Waals surface area contributed by atoms with E-state index in [1.165, 1.54) is 0 Å². The van der Waals surface area contributed by atoms with E-state index in [4.69, 9.17) is 23.2 Å². The third kappa shape index (κ3) is 5.98. The lowest BCUT2D eigenvalue weighted by Gasteiger charge is -2.38. The molecule has 0 aliphatic carbocycles. The van der Waals surface area contributed by atoms with Gasteiger partial charge in [-0.1, -0.05) is 50.0 Å². The van der Waals surface area contributed by atoms with E-state index in [-0.39, 0.29) is 23.9 Å². The number of pyridine rings is 1. The predicted octanol–water partition coefficient (Wildman–Crippen LogP) is 5.68. The second kappa shape index (κ2) is 10.0. The highest BCUT2D eigenvalue weighted by molar-refractivity contribution is 6.42. The predicted molar refractivity (Wildman–Crippen MR) is 124 cm³/mol. The maximum absolute atomic E-state index is 13.3. The van der Waals surface area contributed by atoms with E-state index in [0.717, 1.165) is 25.0 Å². The third-order valence-corrected chi connectivity index (χ3v) is 6.33. The van der Waals surface area contributed by atoms with Gasteiger partial charge < -0.3 is 10.2 Å². The Bertz CT molecular complexity index is 928. The lowest BCUT2D eigenvalue weighted by Crippen LogP contribution is -2.47. The number of nitrogens with zero attached hydrogens (tertiary/aromatic N) is 2. The van der Waals surface area contributed by atoms with Crippen molar-refractivity contribution in [1.29, 1.82) is 0 Å². The minimum atomic E-state index is -0.519. The Hall–Kier alpha value is -2.11. The second-order valence-electron chi connectivity index (χ2n) is 9.04. The van der Waals surface area contributed by atoms with Crippen molar-refractivity contribution in [3.05, 3.63) is 63.9 Å². The average Bonchev–Trinajstić information content (AvgIpc) is 2.75. The molecule has 2 amide bonds. The number of halogens is 2. The van der Waals surface area contributed by atoms with Gasteiger partial charge in [0.05, 0.1) is 21.8 Å². The van der Waals surface area contributed by atoms with Crippen LogP contribution in [0.1, 0.15) is 68.5 Å². The van der Waals surface area contributed by atoms with Crippen LogP contribution in [0.2, 0.25) is 10.0 Å². The van der Waals surface area contributed by atoms with E-state index < -0.39 is 5.41 Å². The molecule has 2 heterocycles. The number of likely N-dealkylation sites (tertiary alicyclic amines) is 1. The van der Waals surface area contributed by atoms with Crippen molar-refractivity contribution in [2.75, 3.05) is 6.54 Å². The molecule has 1 N–H and O–H groups in total. The summed E-state index contributed by atoms with van der Waals surface area (Å²) in [6, 6.07) is 10.4. The molecule has 1 aliphatic rings. The molecule has 0 unspecified atom stereocenters. The molecule has 5 nitrogen and oxygen atoms in total. The van der Waals surface area contributed by atoms with Gasteiger partial charge in [0.1, 0.15) is 0 Å². The topological polar surface area (TPSA) is 62.3 Å². The van der Waals surface area contributed by atoms with Crippen molar-refractivity contribution >= 4 is 35.0 Å². The Morgan fingerprint density at radius 2 is 1.94 bits per heavy atom. The van der Waals surface area contributed by atoms with Crippen LogP contribution in [-0.4, -0.2) is 34.3 Å². The molecule has 166 valence electrons. The van der Waals surface area contributed by atoms with Gasteiger partial charge in [-0.05, 0) is 56.0 Å². The maximum Gasteiger partial charge on any atom is 0.254 e. The summed E-state index contributed by atoms with van der Waals surface area (Å²) < 4.78 is 0. The van der Waals surface area contributed by atoms with Crippen LogP contribution < -0.4 is 5.32 Å². The van der Waals surface area contributed by atoms with Crippen LogP contribution in [0.5, 0.6) is 0 Å². The number of rotatable bonds is 5. The summed E-state index contributed by atoms with van der Waals surface area (Å²) in [6.07, 6.45) is 5.20. The molecule has 0 bridgehead atoms. The summed E-state index contributed by atoms with van der Waals surface area (Å²) in [7, 11) is 0. The zero-order valence-electron chi connectivity index (χ0n) is 18.2. The van der Waals surface area contributed by atoms with Gasteiger partial charge in [0.15, 0.2) is 0 Å². The highest BCUT2D eigenvalue weighted by Crippen LogP contribution is 2.30. The molecule has 1 fully saturated rings. The first-order valence-corrected chi connectivity index (χ1v) is 11.4.